The monoisotopic (exact) mass is 389 g/mol. The Kier molecular flexibility index (Phi) is 3.97. The van der Waals surface area contributed by atoms with Crippen molar-refractivity contribution in [2.45, 2.75) is 0 Å². The molecule has 1 aromatic carbocycles. The fourth-order valence-corrected chi connectivity index (χ4v) is 3.59. The van der Waals surface area contributed by atoms with E-state index in [1.165, 1.54) is 14.2 Å². The minimum absolute atomic E-state index is 0.180. The Bertz CT molecular complexity index is 1130. The second-order valence-corrected chi connectivity index (χ2v) is 6.23. The average molecular weight is 390 g/mol. The van der Waals surface area contributed by atoms with Crippen molar-refractivity contribution in [2.75, 3.05) is 20.0 Å². The zero-order valence-electron chi connectivity index (χ0n) is 13.8. The van der Waals surface area contributed by atoms with Gasteiger partial charge in [0.25, 0.3) is 0 Å². The van der Waals surface area contributed by atoms with E-state index in [1.807, 2.05) is 6.07 Å². The van der Waals surface area contributed by atoms with Crippen LogP contribution in [0.2, 0.25) is 10.0 Å². The van der Waals surface area contributed by atoms with Crippen molar-refractivity contribution in [3.63, 3.8) is 0 Å². The minimum Gasteiger partial charge on any atom is -0.495 e. The number of fused-ring (bicyclic) bond motifs is 3. The van der Waals surface area contributed by atoms with E-state index >= 15 is 0 Å². The summed E-state index contributed by atoms with van der Waals surface area (Å²) in [5.41, 5.74) is 8.23. The van der Waals surface area contributed by atoms with Crippen LogP contribution in [0.25, 0.3) is 27.8 Å². The van der Waals surface area contributed by atoms with Gasteiger partial charge >= 0.3 is 0 Å². The predicted molar refractivity (Wildman–Crippen MR) is 101 cm³/mol. The summed E-state index contributed by atoms with van der Waals surface area (Å²) in [4.78, 5) is 12.8. The number of nitrogens with zero attached hydrogens (tertiary/aromatic N) is 4. The number of rotatable bonds is 3. The molecule has 0 aliphatic heterocycles. The van der Waals surface area contributed by atoms with E-state index in [4.69, 9.17) is 38.4 Å². The Hall–Kier alpha value is -2.77. The maximum absolute atomic E-state index is 6.57. The molecule has 4 rings (SSSR count). The summed E-state index contributed by atoms with van der Waals surface area (Å²) in [6, 6.07) is 3.50. The molecule has 9 heteroatoms. The number of hydrogen-bond acceptors (Lipinski definition) is 6. The number of hydrogen-bond donors (Lipinski definition) is 1. The van der Waals surface area contributed by atoms with Gasteiger partial charge in [-0.3, -0.25) is 4.40 Å². The van der Waals surface area contributed by atoms with E-state index in [9.17, 15) is 0 Å². The van der Waals surface area contributed by atoms with Crippen LogP contribution in [-0.4, -0.2) is 33.6 Å². The molecule has 0 atom stereocenters. The smallest absolute Gasteiger partial charge is 0.221 e. The first-order valence-corrected chi connectivity index (χ1v) is 8.29. The Morgan fingerprint density at radius 3 is 2.35 bits per heavy atom. The third kappa shape index (κ3) is 2.40. The van der Waals surface area contributed by atoms with Gasteiger partial charge in [0, 0.05) is 41.2 Å². The van der Waals surface area contributed by atoms with Crippen molar-refractivity contribution in [1.29, 1.82) is 0 Å². The first-order valence-electron chi connectivity index (χ1n) is 7.53. The molecule has 0 aliphatic carbocycles. The van der Waals surface area contributed by atoms with Crippen LogP contribution in [0.4, 0.5) is 5.95 Å². The number of pyridine rings is 1. The number of aromatic nitrogens is 4. The van der Waals surface area contributed by atoms with Crippen molar-refractivity contribution >= 4 is 45.8 Å². The predicted octanol–water partition coefficient (Wildman–Crippen LogP) is 3.85. The van der Waals surface area contributed by atoms with E-state index in [0.717, 1.165) is 5.39 Å². The van der Waals surface area contributed by atoms with Gasteiger partial charge in [-0.15, -0.1) is 0 Å². The van der Waals surface area contributed by atoms with Gasteiger partial charge < -0.3 is 15.2 Å². The second-order valence-electron chi connectivity index (χ2n) is 5.47. The third-order valence-corrected chi connectivity index (χ3v) is 4.82. The highest BCUT2D eigenvalue weighted by Gasteiger charge is 2.22. The number of nitrogen functional groups attached to an aromatic ring is 1. The Morgan fingerprint density at radius 2 is 1.69 bits per heavy atom. The highest BCUT2D eigenvalue weighted by Crippen LogP contribution is 2.47. The number of ether oxygens (including phenoxy) is 2. The summed E-state index contributed by atoms with van der Waals surface area (Å²) in [5.74, 6) is 1.07. The van der Waals surface area contributed by atoms with Crippen molar-refractivity contribution < 1.29 is 9.47 Å². The lowest BCUT2D eigenvalue weighted by Gasteiger charge is -2.16. The van der Waals surface area contributed by atoms with Gasteiger partial charge in [-0.25, -0.2) is 9.97 Å². The third-order valence-electron chi connectivity index (χ3n) is 4.07. The number of anilines is 1. The van der Waals surface area contributed by atoms with Gasteiger partial charge in [-0.2, -0.15) is 4.98 Å². The SMILES string of the molecule is COc1cc(OC)c(Cl)c(-c2cc3cnc(N)nc3n3ccnc23)c1Cl. The van der Waals surface area contributed by atoms with Crippen LogP contribution in [0.3, 0.4) is 0 Å². The number of halogens is 2. The summed E-state index contributed by atoms with van der Waals surface area (Å²) in [5, 5.41) is 1.48. The zero-order chi connectivity index (χ0) is 18.4. The fourth-order valence-electron chi connectivity index (χ4n) is 2.89. The maximum Gasteiger partial charge on any atom is 0.221 e. The van der Waals surface area contributed by atoms with Crippen molar-refractivity contribution in [3.8, 4) is 22.6 Å². The molecule has 0 saturated carbocycles. The fraction of sp³-hybridized carbons (Fsp3) is 0.118. The highest BCUT2D eigenvalue weighted by molar-refractivity contribution is 6.41. The topological polar surface area (TPSA) is 87.6 Å². The van der Waals surface area contributed by atoms with Crippen LogP contribution in [-0.2, 0) is 0 Å². The normalized spacial score (nSPS) is 11.2. The lowest BCUT2D eigenvalue weighted by atomic mass is 10.0. The van der Waals surface area contributed by atoms with E-state index in [-0.39, 0.29) is 5.95 Å². The summed E-state index contributed by atoms with van der Waals surface area (Å²) in [6.07, 6.45) is 5.09. The van der Waals surface area contributed by atoms with Crippen LogP contribution in [0.15, 0.2) is 30.7 Å². The number of methoxy groups -OCH3 is 2. The number of imidazole rings is 1. The van der Waals surface area contributed by atoms with Gasteiger partial charge in [0.15, 0.2) is 5.65 Å². The van der Waals surface area contributed by atoms with Gasteiger partial charge in [0.2, 0.25) is 5.95 Å². The second kappa shape index (κ2) is 6.19. The quantitative estimate of drug-likeness (QED) is 0.572. The van der Waals surface area contributed by atoms with Gasteiger partial charge in [0.1, 0.15) is 17.1 Å². The van der Waals surface area contributed by atoms with Crippen LogP contribution < -0.4 is 15.2 Å². The molecule has 0 fully saturated rings. The first kappa shape index (κ1) is 16.7. The van der Waals surface area contributed by atoms with E-state index < -0.39 is 0 Å². The van der Waals surface area contributed by atoms with Crippen LogP contribution in [0.5, 0.6) is 11.5 Å². The lowest BCUT2D eigenvalue weighted by Crippen LogP contribution is -2.00. The Labute approximate surface area is 158 Å². The summed E-state index contributed by atoms with van der Waals surface area (Å²) < 4.78 is 12.5. The van der Waals surface area contributed by atoms with Crippen molar-refractivity contribution in [1.82, 2.24) is 19.4 Å². The molecule has 3 heterocycles. The molecule has 4 aromatic rings. The largest absolute Gasteiger partial charge is 0.495 e. The van der Waals surface area contributed by atoms with Crippen molar-refractivity contribution in [2.24, 2.45) is 0 Å². The molecule has 2 N–H and O–H groups in total. The Morgan fingerprint density at radius 1 is 1.00 bits per heavy atom. The lowest BCUT2D eigenvalue weighted by molar-refractivity contribution is 0.395. The summed E-state index contributed by atoms with van der Waals surface area (Å²) in [6.45, 7) is 0. The van der Waals surface area contributed by atoms with Crippen LogP contribution in [0, 0.1) is 0 Å². The zero-order valence-corrected chi connectivity index (χ0v) is 15.3. The highest BCUT2D eigenvalue weighted by atomic mass is 35.5. The molecule has 0 unspecified atom stereocenters. The molecule has 132 valence electrons. The number of nitrogens with two attached hydrogens (primary N) is 1. The molecular formula is C17H13Cl2N5O2. The van der Waals surface area contributed by atoms with E-state index in [1.54, 1.807) is 29.1 Å². The Balaban J connectivity index is 2.15. The molecule has 3 aromatic heterocycles. The van der Waals surface area contributed by atoms with Gasteiger partial charge in [-0.05, 0) is 6.07 Å². The van der Waals surface area contributed by atoms with Crippen LogP contribution in [0.1, 0.15) is 0 Å². The summed E-state index contributed by atoms with van der Waals surface area (Å²) in [7, 11) is 3.06. The van der Waals surface area contributed by atoms with Gasteiger partial charge in [0.05, 0.1) is 24.3 Å². The molecule has 7 nitrogen and oxygen atoms in total. The molecule has 0 aliphatic rings. The van der Waals surface area contributed by atoms with Gasteiger partial charge in [-0.1, -0.05) is 23.2 Å². The number of benzene rings is 1. The molecule has 0 bridgehead atoms. The minimum atomic E-state index is 0.180. The van der Waals surface area contributed by atoms with Crippen molar-refractivity contribution in [3.05, 3.63) is 40.8 Å². The molecular weight excluding hydrogens is 377 g/mol. The molecule has 0 radical (unpaired) electrons. The standard InChI is InChI=1S/C17H13Cl2N5O2/c1-25-10-6-11(26-2)14(19)12(13(10)18)9-5-8-7-22-17(20)23-15(8)24-4-3-21-16(9)24/h3-7H,1-2H3,(H2,20,22,23). The molecule has 0 amide bonds. The van der Waals surface area contributed by atoms with E-state index in [0.29, 0.717) is 44.0 Å². The average Bonchev–Trinajstić information content (AvgIpc) is 3.12. The molecule has 0 saturated heterocycles. The first-order chi connectivity index (χ1) is 12.5. The van der Waals surface area contributed by atoms with E-state index in [2.05, 4.69) is 15.0 Å². The molecule has 26 heavy (non-hydrogen) atoms. The maximum atomic E-state index is 6.57. The molecule has 0 spiro atoms. The van der Waals surface area contributed by atoms with Crippen LogP contribution >= 0.6 is 23.2 Å². The summed E-state index contributed by atoms with van der Waals surface area (Å²) >= 11 is 13.1.